The van der Waals surface area contributed by atoms with Crippen LogP contribution < -0.4 is 10.1 Å². The zero-order chi connectivity index (χ0) is 17.7. The summed E-state index contributed by atoms with van der Waals surface area (Å²) in [7, 11) is 0. The molecule has 0 aliphatic rings. The molecular weight excluding hydrogens is 327 g/mol. The van der Waals surface area contributed by atoms with Crippen molar-refractivity contribution in [1.82, 2.24) is 4.98 Å². The van der Waals surface area contributed by atoms with Crippen LogP contribution in [0.15, 0.2) is 42.6 Å². The lowest BCUT2D eigenvalue weighted by atomic mass is 10.2. The number of hydrogen-bond acceptors (Lipinski definition) is 5. The number of anilines is 1. The molecule has 0 bridgehead atoms. The van der Waals surface area contributed by atoms with E-state index in [0.717, 1.165) is 6.07 Å². The first-order chi connectivity index (χ1) is 11.3. The minimum atomic E-state index is -4.52. The second-order valence-electron chi connectivity index (χ2n) is 4.89. The van der Waals surface area contributed by atoms with Crippen LogP contribution in [-0.2, 0) is 0 Å². The SMILES string of the molecule is CC(Oc1cccc([N+](=O)[O-])c1NCC(F)(F)F)c1ccccn1. The van der Waals surface area contributed by atoms with Gasteiger partial charge in [-0.2, -0.15) is 13.2 Å². The first kappa shape index (κ1) is 17.5. The summed E-state index contributed by atoms with van der Waals surface area (Å²) >= 11 is 0. The van der Waals surface area contributed by atoms with Gasteiger partial charge in [0.05, 0.1) is 10.6 Å². The van der Waals surface area contributed by atoms with E-state index in [9.17, 15) is 23.3 Å². The van der Waals surface area contributed by atoms with E-state index in [2.05, 4.69) is 4.98 Å². The van der Waals surface area contributed by atoms with E-state index in [1.165, 1.54) is 12.1 Å². The minimum absolute atomic E-state index is 0.0494. The minimum Gasteiger partial charge on any atom is -0.482 e. The van der Waals surface area contributed by atoms with E-state index >= 15 is 0 Å². The van der Waals surface area contributed by atoms with Crippen LogP contribution >= 0.6 is 0 Å². The van der Waals surface area contributed by atoms with Crippen molar-refractivity contribution in [3.05, 3.63) is 58.4 Å². The fourth-order valence-corrected chi connectivity index (χ4v) is 2.00. The molecule has 2 aromatic rings. The van der Waals surface area contributed by atoms with Gasteiger partial charge in [-0.3, -0.25) is 15.1 Å². The zero-order valence-corrected chi connectivity index (χ0v) is 12.6. The summed E-state index contributed by atoms with van der Waals surface area (Å²) in [6, 6.07) is 8.95. The number of ether oxygens (including phenoxy) is 1. The van der Waals surface area contributed by atoms with Gasteiger partial charge in [0.2, 0.25) is 0 Å². The van der Waals surface area contributed by atoms with Crippen molar-refractivity contribution in [3.8, 4) is 5.75 Å². The van der Waals surface area contributed by atoms with E-state index in [0.29, 0.717) is 5.69 Å². The van der Waals surface area contributed by atoms with Gasteiger partial charge in [0, 0.05) is 12.3 Å². The highest BCUT2D eigenvalue weighted by molar-refractivity contribution is 5.70. The molecular formula is C15H14F3N3O3. The van der Waals surface area contributed by atoms with Crippen LogP contribution in [0.1, 0.15) is 18.7 Å². The molecule has 24 heavy (non-hydrogen) atoms. The number of nitro groups is 1. The Morgan fingerprint density at radius 1 is 1.29 bits per heavy atom. The molecule has 0 saturated heterocycles. The van der Waals surface area contributed by atoms with Crippen molar-refractivity contribution in [3.63, 3.8) is 0 Å². The first-order valence-corrected chi connectivity index (χ1v) is 6.93. The molecule has 0 fully saturated rings. The normalized spacial score (nSPS) is 12.5. The summed E-state index contributed by atoms with van der Waals surface area (Å²) < 4.78 is 42.9. The van der Waals surface area contributed by atoms with E-state index in [1.54, 1.807) is 31.3 Å². The standard InChI is InChI=1S/C15H14F3N3O3/c1-10(11-5-2-3-8-19-11)24-13-7-4-6-12(21(22)23)14(13)20-9-15(16,17)18/h2-8,10,20H,9H2,1H3. The number of alkyl halides is 3. The molecule has 1 aromatic heterocycles. The Hall–Kier alpha value is -2.84. The summed E-state index contributed by atoms with van der Waals surface area (Å²) in [5.41, 5.74) is -0.265. The number of benzene rings is 1. The Kier molecular flexibility index (Phi) is 5.22. The van der Waals surface area contributed by atoms with Gasteiger partial charge in [-0.15, -0.1) is 0 Å². The molecule has 0 spiro atoms. The Labute approximate surface area is 135 Å². The van der Waals surface area contributed by atoms with E-state index in [-0.39, 0.29) is 11.4 Å². The summed E-state index contributed by atoms with van der Waals surface area (Å²) in [5.74, 6) is -0.0494. The molecule has 0 aliphatic heterocycles. The molecule has 1 heterocycles. The second kappa shape index (κ2) is 7.16. The van der Waals surface area contributed by atoms with Gasteiger partial charge in [-0.1, -0.05) is 12.1 Å². The Morgan fingerprint density at radius 2 is 2.04 bits per heavy atom. The van der Waals surface area contributed by atoms with Gasteiger partial charge in [-0.05, 0) is 25.1 Å². The maximum Gasteiger partial charge on any atom is 0.405 e. The lowest BCUT2D eigenvalue weighted by molar-refractivity contribution is -0.384. The molecule has 1 N–H and O–H groups in total. The fourth-order valence-electron chi connectivity index (χ4n) is 2.00. The smallest absolute Gasteiger partial charge is 0.405 e. The van der Waals surface area contributed by atoms with Gasteiger partial charge in [-0.25, -0.2) is 0 Å². The lowest BCUT2D eigenvalue weighted by Gasteiger charge is -2.18. The van der Waals surface area contributed by atoms with Crippen LogP contribution in [0, 0.1) is 10.1 Å². The van der Waals surface area contributed by atoms with E-state index in [4.69, 9.17) is 4.74 Å². The van der Waals surface area contributed by atoms with Crippen LogP contribution in [0.4, 0.5) is 24.5 Å². The van der Waals surface area contributed by atoms with E-state index in [1.807, 2.05) is 5.32 Å². The highest BCUT2D eigenvalue weighted by atomic mass is 19.4. The van der Waals surface area contributed by atoms with Crippen molar-refractivity contribution in [2.24, 2.45) is 0 Å². The number of nitrogens with one attached hydrogen (secondary N) is 1. The van der Waals surface area contributed by atoms with Crippen LogP contribution in [0.2, 0.25) is 0 Å². The first-order valence-electron chi connectivity index (χ1n) is 6.93. The fraction of sp³-hybridized carbons (Fsp3) is 0.267. The van der Waals surface area contributed by atoms with Crippen molar-refractivity contribution in [2.75, 3.05) is 11.9 Å². The third-order valence-corrected chi connectivity index (χ3v) is 3.07. The van der Waals surface area contributed by atoms with Gasteiger partial charge in [0.25, 0.3) is 5.69 Å². The summed E-state index contributed by atoms with van der Waals surface area (Å²) in [6.07, 6.45) is -3.57. The molecule has 1 aromatic carbocycles. The molecule has 1 atom stereocenters. The lowest BCUT2D eigenvalue weighted by Crippen LogP contribution is -2.22. The molecule has 0 aliphatic carbocycles. The summed E-state index contributed by atoms with van der Waals surface area (Å²) in [4.78, 5) is 14.4. The quantitative estimate of drug-likeness (QED) is 0.632. The average molecular weight is 341 g/mol. The molecule has 1 unspecified atom stereocenters. The second-order valence-corrected chi connectivity index (χ2v) is 4.89. The maximum absolute atomic E-state index is 12.5. The maximum atomic E-state index is 12.5. The molecule has 0 radical (unpaired) electrons. The monoisotopic (exact) mass is 341 g/mol. The van der Waals surface area contributed by atoms with Crippen LogP contribution in [0.3, 0.4) is 0 Å². The number of hydrogen-bond donors (Lipinski definition) is 1. The van der Waals surface area contributed by atoms with Crippen molar-refractivity contribution in [2.45, 2.75) is 19.2 Å². The number of pyridine rings is 1. The number of para-hydroxylation sites is 1. The van der Waals surface area contributed by atoms with Crippen molar-refractivity contribution >= 4 is 11.4 Å². The average Bonchev–Trinajstić information content (AvgIpc) is 2.53. The largest absolute Gasteiger partial charge is 0.482 e. The topological polar surface area (TPSA) is 77.3 Å². The molecule has 9 heteroatoms. The third kappa shape index (κ3) is 4.58. The number of halogens is 3. The summed E-state index contributed by atoms with van der Waals surface area (Å²) in [5, 5.41) is 13.1. The van der Waals surface area contributed by atoms with Crippen LogP contribution in [-0.4, -0.2) is 22.6 Å². The van der Waals surface area contributed by atoms with Crippen molar-refractivity contribution in [1.29, 1.82) is 0 Å². The predicted octanol–water partition coefficient (Wildman–Crippen LogP) is 4.10. The number of rotatable bonds is 6. The Morgan fingerprint density at radius 3 is 2.62 bits per heavy atom. The highest BCUT2D eigenvalue weighted by Crippen LogP contribution is 2.37. The van der Waals surface area contributed by atoms with Gasteiger partial charge in [0.15, 0.2) is 11.4 Å². The van der Waals surface area contributed by atoms with Gasteiger partial charge in [0.1, 0.15) is 12.6 Å². The van der Waals surface area contributed by atoms with Crippen LogP contribution in [0.25, 0.3) is 0 Å². The Balaban J connectivity index is 2.31. The number of aromatic nitrogens is 1. The Bertz CT molecular complexity index is 708. The number of nitrogens with zero attached hydrogens (tertiary/aromatic N) is 2. The molecule has 2 rings (SSSR count). The zero-order valence-electron chi connectivity index (χ0n) is 12.6. The van der Waals surface area contributed by atoms with Gasteiger partial charge >= 0.3 is 6.18 Å². The predicted molar refractivity (Wildman–Crippen MR) is 80.9 cm³/mol. The molecule has 128 valence electrons. The summed E-state index contributed by atoms with van der Waals surface area (Å²) in [6.45, 7) is 0.237. The molecule has 0 amide bonds. The van der Waals surface area contributed by atoms with Crippen LogP contribution in [0.5, 0.6) is 5.75 Å². The third-order valence-electron chi connectivity index (χ3n) is 3.07. The molecule has 0 saturated carbocycles. The highest BCUT2D eigenvalue weighted by Gasteiger charge is 2.29. The van der Waals surface area contributed by atoms with Crippen molar-refractivity contribution < 1.29 is 22.8 Å². The molecule has 6 nitrogen and oxygen atoms in total. The number of nitro benzene ring substituents is 1. The van der Waals surface area contributed by atoms with Gasteiger partial charge < -0.3 is 10.1 Å². The van der Waals surface area contributed by atoms with E-state index < -0.39 is 29.4 Å².